The zero-order valence-electron chi connectivity index (χ0n) is 13.7. The van der Waals surface area contributed by atoms with Crippen LogP contribution in [0.15, 0.2) is 48.5 Å². The number of aliphatic hydroxyl groups is 1. The maximum absolute atomic E-state index is 12.2. The molecule has 0 aliphatic heterocycles. The third kappa shape index (κ3) is 5.37. The van der Waals surface area contributed by atoms with Gasteiger partial charge in [-0.2, -0.15) is 0 Å². The van der Waals surface area contributed by atoms with Gasteiger partial charge in [-0.15, -0.1) is 0 Å². The molecule has 0 saturated carbocycles. The molecule has 0 unspecified atom stereocenters. The summed E-state index contributed by atoms with van der Waals surface area (Å²) in [7, 11) is 0. The lowest BCUT2D eigenvalue weighted by atomic mass is 10.1. The van der Waals surface area contributed by atoms with Crippen molar-refractivity contribution in [3.05, 3.63) is 65.2 Å². The number of carbonyl (C=O) groups is 2. The molecule has 6 nitrogen and oxygen atoms in total. The molecule has 4 N–H and O–H groups in total. The summed E-state index contributed by atoms with van der Waals surface area (Å²) in [5, 5.41) is 16.9. The number of aryl methyl sites for hydroxylation is 1. The van der Waals surface area contributed by atoms with Gasteiger partial charge in [0.1, 0.15) is 0 Å². The summed E-state index contributed by atoms with van der Waals surface area (Å²) in [4.78, 5) is 24.3. The highest BCUT2D eigenvalue weighted by Crippen LogP contribution is 2.15. The van der Waals surface area contributed by atoms with Crippen LogP contribution >= 0.6 is 12.2 Å². The third-order valence-corrected chi connectivity index (χ3v) is 3.53. The van der Waals surface area contributed by atoms with Crippen molar-refractivity contribution < 1.29 is 14.7 Å². The maximum atomic E-state index is 12.2. The maximum Gasteiger partial charge on any atom is 0.257 e. The minimum Gasteiger partial charge on any atom is -0.395 e. The van der Waals surface area contributed by atoms with Gasteiger partial charge in [0.05, 0.1) is 17.9 Å². The number of benzene rings is 2. The van der Waals surface area contributed by atoms with Gasteiger partial charge in [-0.1, -0.05) is 29.8 Å². The van der Waals surface area contributed by atoms with Crippen molar-refractivity contribution >= 4 is 34.8 Å². The van der Waals surface area contributed by atoms with Crippen molar-refractivity contribution in [1.82, 2.24) is 10.6 Å². The molecule has 0 atom stereocenters. The molecule has 0 spiro atoms. The molecule has 2 rings (SSSR count). The Morgan fingerprint density at radius 3 is 2.56 bits per heavy atom. The highest BCUT2D eigenvalue weighted by molar-refractivity contribution is 7.80. The first-order chi connectivity index (χ1) is 12.0. The zero-order chi connectivity index (χ0) is 18.2. The molecule has 0 aromatic heterocycles. The molecular formula is C18H19N3O3S. The summed E-state index contributed by atoms with van der Waals surface area (Å²) < 4.78 is 0. The van der Waals surface area contributed by atoms with Crippen LogP contribution in [0.1, 0.15) is 26.3 Å². The number of para-hydroxylation sites is 1. The second kappa shape index (κ2) is 8.91. The molecule has 130 valence electrons. The normalized spacial score (nSPS) is 10.0. The number of nitrogens with one attached hydrogen (secondary N) is 3. The molecule has 2 aromatic carbocycles. The summed E-state index contributed by atoms with van der Waals surface area (Å²) in [6, 6.07) is 13.9. The van der Waals surface area contributed by atoms with E-state index in [1.165, 1.54) is 0 Å². The van der Waals surface area contributed by atoms with Crippen LogP contribution in [0.3, 0.4) is 0 Å². The third-order valence-electron chi connectivity index (χ3n) is 3.32. The monoisotopic (exact) mass is 357 g/mol. The van der Waals surface area contributed by atoms with Crippen molar-refractivity contribution in [1.29, 1.82) is 0 Å². The summed E-state index contributed by atoms with van der Waals surface area (Å²) in [5.74, 6) is -0.673. The van der Waals surface area contributed by atoms with Gasteiger partial charge in [-0.25, -0.2) is 0 Å². The lowest BCUT2D eigenvalue weighted by molar-refractivity contribution is 0.0944. The fourth-order valence-electron chi connectivity index (χ4n) is 2.17. The Balaban J connectivity index is 2.05. The average molecular weight is 357 g/mol. The molecule has 7 heteroatoms. The largest absolute Gasteiger partial charge is 0.395 e. The fraction of sp³-hybridized carbons (Fsp3) is 0.167. The zero-order valence-corrected chi connectivity index (χ0v) is 14.5. The number of rotatable bonds is 5. The first-order valence-electron chi connectivity index (χ1n) is 7.68. The van der Waals surface area contributed by atoms with Crippen LogP contribution in [0.5, 0.6) is 0 Å². The Hall–Kier alpha value is -2.77. The topological polar surface area (TPSA) is 90.5 Å². The summed E-state index contributed by atoms with van der Waals surface area (Å²) in [5.41, 5.74) is 2.30. The summed E-state index contributed by atoms with van der Waals surface area (Å²) >= 11 is 5.16. The molecule has 0 aliphatic carbocycles. The first kappa shape index (κ1) is 18.6. The van der Waals surface area contributed by atoms with Gasteiger partial charge < -0.3 is 15.7 Å². The quantitative estimate of drug-likeness (QED) is 0.613. The Kier molecular flexibility index (Phi) is 6.62. The number of hydrogen-bond donors (Lipinski definition) is 4. The minimum absolute atomic E-state index is 0.0916. The highest BCUT2D eigenvalue weighted by atomic mass is 32.1. The van der Waals surface area contributed by atoms with Gasteiger partial charge in [-0.3, -0.25) is 14.9 Å². The van der Waals surface area contributed by atoms with E-state index in [1.54, 1.807) is 42.5 Å². The Bertz CT molecular complexity index is 793. The fourth-order valence-corrected chi connectivity index (χ4v) is 2.37. The molecule has 0 bridgehead atoms. The van der Waals surface area contributed by atoms with Crippen LogP contribution in [0, 0.1) is 6.92 Å². The van der Waals surface area contributed by atoms with E-state index in [1.807, 2.05) is 13.0 Å². The molecule has 2 aromatic rings. The molecular weight excluding hydrogens is 338 g/mol. The lowest BCUT2D eigenvalue weighted by Crippen LogP contribution is -2.35. The van der Waals surface area contributed by atoms with Gasteiger partial charge in [0.15, 0.2) is 5.11 Å². The molecule has 25 heavy (non-hydrogen) atoms. The molecule has 0 heterocycles. The minimum atomic E-state index is -0.343. The number of carbonyl (C=O) groups excluding carboxylic acids is 2. The highest BCUT2D eigenvalue weighted by Gasteiger charge is 2.13. The van der Waals surface area contributed by atoms with E-state index in [2.05, 4.69) is 16.0 Å². The van der Waals surface area contributed by atoms with Crippen LogP contribution in [-0.2, 0) is 0 Å². The smallest absolute Gasteiger partial charge is 0.257 e. The summed E-state index contributed by atoms with van der Waals surface area (Å²) in [6.45, 7) is 1.91. The number of aliphatic hydroxyl groups excluding tert-OH is 1. The van der Waals surface area contributed by atoms with Gasteiger partial charge >= 0.3 is 0 Å². The van der Waals surface area contributed by atoms with Crippen molar-refractivity contribution in [3.63, 3.8) is 0 Å². The predicted molar refractivity (Wildman–Crippen MR) is 101 cm³/mol. The number of anilines is 1. The van der Waals surface area contributed by atoms with E-state index in [-0.39, 0.29) is 30.1 Å². The van der Waals surface area contributed by atoms with Gasteiger partial charge in [0.25, 0.3) is 11.8 Å². The SMILES string of the molecule is Cc1cccc(C(=O)NC(=S)Nc2ccccc2C(=O)NCCO)c1. The predicted octanol–water partition coefficient (Wildman–Crippen LogP) is 1.84. The Morgan fingerprint density at radius 2 is 1.84 bits per heavy atom. The standard InChI is InChI=1S/C18H19N3O3S/c1-12-5-4-6-13(11-12)16(23)21-18(25)20-15-8-3-2-7-14(15)17(24)19-9-10-22/h2-8,11,22H,9-10H2,1H3,(H,19,24)(H2,20,21,23,25). The Labute approximate surface area is 151 Å². The van der Waals surface area contributed by atoms with E-state index in [0.717, 1.165) is 5.56 Å². The van der Waals surface area contributed by atoms with E-state index >= 15 is 0 Å². The van der Waals surface area contributed by atoms with Crippen LogP contribution in [0.25, 0.3) is 0 Å². The van der Waals surface area contributed by atoms with E-state index in [0.29, 0.717) is 16.8 Å². The van der Waals surface area contributed by atoms with E-state index in [4.69, 9.17) is 17.3 Å². The van der Waals surface area contributed by atoms with Crippen LogP contribution in [-0.4, -0.2) is 35.2 Å². The molecule has 0 aliphatic rings. The molecule has 0 fully saturated rings. The van der Waals surface area contributed by atoms with Crippen molar-refractivity contribution in [2.75, 3.05) is 18.5 Å². The molecule has 0 radical (unpaired) electrons. The number of thiocarbonyl (C=S) groups is 1. The van der Waals surface area contributed by atoms with Crippen molar-refractivity contribution in [3.8, 4) is 0 Å². The summed E-state index contributed by atoms with van der Waals surface area (Å²) in [6.07, 6.45) is 0. The number of amides is 2. The van der Waals surface area contributed by atoms with E-state index < -0.39 is 0 Å². The molecule has 2 amide bonds. The second-order valence-electron chi connectivity index (χ2n) is 5.30. The van der Waals surface area contributed by atoms with Gasteiger partial charge in [-0.05, 0) is 43.4 Å². The number of hydrogen-bond acceptors (Lipinski definition) is 4. The lowest BCUT2D eigenvalue weighted by Gasteiger charge is -2.13. The van der Waals surface area contributed by atoms with Crippen molar-refractivity contribution in [2.24, 2.45) is 0 Å². The average Bonchev–Trinajstić information content (AvgIpc) is 2.60. The van der Waals surface area contributed by atoms with Crippen LogP contribution < -0.4 is 16.0 Å². The second-order valence-corrected chi connectivity index (χ2v) is 5.71. The van der Waals surface area contributed by atoms with Gasteiger partial charge in [0, 0.05) is 12.1 Å². The van der Waals surface area contributed by atoms with Gasteiger partial charge in [0.2, 0.25) is 0 Å². The van der Waals surface area contributed by atoms with Crippen molar-refractivity contribution in [2.45, 2.75) is 6.92 Å². The van der Waals surface area contributed by atoms with Crippen LogP contribution in [0.2, 0.25) is 0 Å². The molecule has 0 saturated heterocycles. The Morgan fingerprint density at radius 1 is 1.08 bits per heavy atom. The van der Waals surface area contributed by atoms with E-state index in [9.17, 15) is 9.59 Å². The first-order valence-corrected chi connectivity index (χ1v) is 8.09. The van der Waals surface area contributed by atoms with Crippen LogP contribution in [0.4, 0.5) is 5.69 Å².